The molecule has 1 aliphatic rings. The summed E-state index contributed by atoms with van der Waals surface area (Å²) >= 11 is 1.87. The summed E-state index contributed by atoms with van der Waals surface area (Å²) in [6, 6.07) is 12.9. The normalized spacial score (nSPS) is 14.2. The fourth-order valence-corrected chi connectivity index (χ4v) is 6.10. The highest BCUT2D eigenvalue weighted by Gasteiger charge is 2.26. The Labute approximate surface area is 242 Å². The molecule has 218 valence electrons. The van der Waals surface area contributed by atoms with Crippen LogP contribution in [0.3, 0.4) is 0 Å². The predicted octanol–water partition coefficient (Wildman–Crippen LogP) is 6.01. The first-order valence-electron chi connectivity index (χ1n) is 14.4. The standard InChI is InChI=1S/C31H45N5O3S/c1-23-21-24(11-13-26(23)35-16-18-36(19-17-35)30(38)39-31(2,3)4)32-15-9-7-8-10-20-40-25-12-14-27-28(22-25)34(6)29(37)33(27)5/h11-14,21-22,32H,7-10,15-20H2,1-6H3. The molecule has 0 radical (unpaired) electrons. The quantitative estimate of drug-likeness (QED) is 0.239. The van der Waals surface area contributed by atoms with E-state index in [9.17, 15) is 9.59 Å². The number of ether oxygens (including phenoxy) is 1. The van der Waals surface area contributed by atoms with Crippen LogP contribution in [0.2, 0.25) is 0 Å². The summed E-state index contributed by atoms with van der Waals surface area (Å²) in [6.45, 7) is 11.8. The van der Waals surface area contributed by atoms with Crippen molar-refractivity contribution in [3.63, 3.8) is 0 Å². The van der Waals surface area contributed by atoms with Crippen molar-refractivity contribution in [2.45, 2.75) is 63.9 Å². The van der Waals surface area contributed by atoms with Gasteiger partial charge in [-0.25, -0.2) is 9.59 Å². The molecule has 0 unspecified atom stereocenters. The van der Waals surface area contributed by atoms with Gasteiger partial charge in [-0.2, -0.15) is 0 Å². The smallest absolute Gasteiger partial charge is 0.410 e. The minimum Gasteiger partial charge on any atom is -0.444 e. The van der Waals surface area contributed by atoms with Crippen molar-refractivity contribution >= 4 is 40.3 Å². The van der Waals surface area contributed by atoms with E-state index in [2.05, 4.69) is 47.5 Å². The highest BCUT2D eigenvalue weighted by molar-refractivity contribution is 7.99. The summed E-state index contributed by atoms with van der Waals surface area (Å²) in [5.41, 5.74) is 5.18. The first kappa shape index (κ1) is 29.9. The van der Waals surface area contributed by atoms with Gasteiger partial charge in [0.2, 0.25) is 0 Å². The summed E-state index contributed by atoms with van der Waals surface area (Å²) in [7, 11) is 3.65. The molecule has 8 nitrogen and oxygen atoms in total. The van der Waals surface area contributed by atoms with Crippen LogP contribution in [-0.4, -0.2) is 64.2 Å². The number of hydrogen-bond acceptors (Lipinski definition) is 6. The molecule has 1 fully saturated rings. The van der Waals surface area contributed by atoms with Crippen LogP contribution in [0.1, 0.15) is 52.0 Å². The number of anilines is 2. The van der Waals surface area contributed by atoms with E-state index in [0.717, 1.165) is 48.5 Å². The maximum atomic E-state index is 12.4. The van der Waals surface area contributed by atoms with Gasteiger partial charge in [0.05, 0.1) is 11.0 Å². The molecule has 2 aromatic carbocycles. The summed E-state index contributed by atoms with van der Waals surface area (Å²) < 4.78 is 8.94. The molecule has 1 amide bonds. The Kier molecular flexibility index (Phi) is 9.77. The van der Waals surface area contributed by atoms with Crippen molar-refractivity contribution in [2.24, 2.45) is 14.1 Å². The molecule has 9 heteroatoms. The molecular formula is C31H45N5O3S. The average molecular weight is 568 g/mol. The van der Waals surface area contributed by atoms with Crippen molar-refractivity contribution in [1.82, 2.24) is 14.0 Å². The number of aromatic nitrogens is 2. The zero-order valence-corrected chi connectivity index (χ0v) is 25.8. The molecule has 0 saturated carbocycles. The van der Waals surface area contributed by atoms with Crippen molar-refractivity contribution in [3.8, 4) is 0 Å². The average Bonchev–Trinajstić information content (AvgIpc) is 3.13. The van der Waals surface area contributed by atoms with Crippen LogP contribution >= 0.6 is 11.8 Å². The molecule has 4 rings (SSSR count). The maximum Gasteiger partial charge on any atom is 0.410 e. The van der Waals surface area contributed by atoms with Crippen LogP contribution in [0, 0.1) is 6.92 Å². The molecule has 0 bridgehead atoms. The Morgan fingerprint density at radius 2 is 1.62 bits per heavy atom. The topological polar surface area (TPSA) is 71.7 Å². The van der Waals surface area contributed by atoms with Gasteiger partial charge in [-0.05, 0) is 88.3 Å². The van der Waals surface area contributed by atoms with Gasteiger partial charge in [-0.15, -0.1) is 11.8 Å². The van der Waals surface area contributed by atoms with Crippen LogP contribution in [0.15, 0.2) is 46.1 Å². The number of benzene rings is 2. The molecule has 3 aromatic rings. The molecule has 40 heavy (non-hydrogen) atoms. The number of thioether (sulfide) groups is 1. The minimum atomic E-state index is -0.463. The van der Waals surface area contributed by atoms with E-state index in [0.29, 0.717) is 13.1 Å². The van der Waals surface area contributed by atoms with Gasteiger partial charge in [0.25, 0.3) is 0 Å². The van der Waals surface area contributed by atoms with Gasteiger partial charge in [0.1, 0.15) is 5.60 Å². The monoisotopic (exact) mass is 567 g/mol. The van der Waals surface area contributed by atoms with Crippen LogP contribution in [0.4, 0.5) is 16.2 Å². The van der Waals surface area contributed by atoms with Crippen molar-refractivity contribution in [2.75, 3.05) is 48.7 Å². The highest BCUT2D eigenvalue weighted by Crippen LogP contribution is 2.26. The first-order chi connectivity index (χ1) is 19.0. The third kappa shape index (κ3) is 7.56. The molecule has 1 saturated heterocycles. The molecule has 1 aliphatic heterocycles. The van der Waals surface area contributed by atoms with Gasteiger partial charge in [-0.3, -0.25) is 9.13 Å². The number of unbranched alkanes of at least 4 members (excludes halogenated alkanes) is 3. The number of imidazole rings is 1. The van der Waals surface area contributed by atoms with E-state index < -0.39 is 5.60 Å². The number of rotatable bonds is 10. The van der Waals surface area contributed by atoms with E-state index in [4.69, 9.17) is 4.74 Å². The number of hydrogen-bond donors (Lipinski definition) is 1. The lowest BCUT2D eigenvalue weighted by molar-refractivity contribution is 0.0240. The second kappa shape index (κ2) is 13.1. The molecule has 0 aliphatic carbocycles. The predicted molar refractivity (Wildman–Crippen MR) is 167 cm³/mol. The van der Waals surface area contributed by atoms with Crippen LogP contribution in [0.5, 0.6) is 0 Å². The third-order valence-corrected chi connectivity index (χ3v) is 8.46. The number of fused-ring (bicyclic) bond motifs is 1. The first-order valence-corrected chi connectivity index (χ1v) is 15.4. The van der Waals surface area contributed by atoms with Gasteiger partial charge >= 0.3 is 11.8 Å². The van der Waals surface area contributed by atoms with Gasteiger partial charge in [0.15, 0.2) is 0 Å². The maximum absolute atomic E-state index is 12.4. The molecule has 2 heterocycles. The minimum absolute atomic E-state index is 0.0204. The molecule has 0 spiro atoms. The lowest BCUT2D eigenvalue weighted by atomic mass is 10.1. The Balaban J connectivity index is 1.12. The number of nitrogens with zero attached hydrogens (tertiary/aromatic N) is 4. The van der Waals surface area contributed by atoms with Crippen LogP contribution < -0.4 is 15.9 Å². The summed E-state index contributed by atoms with van der Waals surface area (Å²) in [5.74, 6) is 1.09. The van der Waals surface area contributed by atoms with Gasteiger partial charge in [-0.1, -0.05) is 12.8 Å². The Hall–Kier alpha value is -3.07. The van der Waals surface area contributed by atoms with E-state index in [1.165, 1.54) is 35.4 Å². The number of aryl methyl sites for hydroxylation is 3. The number of carbonyl (C=O) groups excluding carboxylic acids is 1. The molecular weight excluding hydrogens is 522 g/mol. The Bertz CT molecular complexity index is 1370. The van der Waals surface area contributed by atoms with E-state index >= 15 is 0 Å². The second-order valence-corrected chi connectivity index (χ2v) is 12.9. The fraction of sp³-hybridized carbons (Fsp3) is 0.548. The Morgan fingerprint density at radius 1 is 0.925 bits per heavy atom. The zero-order valence-electron chi connectivity index (χ0n) is 25.0. The largest absolute Gasteiger partial charge is 0.444 e. The third-order valence-electron chi connectivity index (χ3n) is 7.38. The number of nitrogens with one attached hydrogen (secondary N) is 1. The summed E-state index contributed by atoms with van der Waals surface area (Å²) in [4.78, 5) is 29.9. The van der Waals surface area contributed by atoms with E-state index in [-0.39, 0.29) is 11.8 Å². The second-order valence-electron chi connectivity index (χ2n) is 11.7. The lowest BCUT2D eigenvalue weighted by Crippen LogP contribution is -2.50. The van der Waals surface area contributed by atoms with Crippen molar-refractivity contribution < 1.29 is 9.53 Å². The number of carbonyl (C=O) groups is 1. The number of amides is 1. The SMILES string of the molecule is Cc1cc(NCCCCCCSc2ccc3c(c2)n(C)c(=O)n3C)ccc1N1CCN(C(=O)OC(C)(C)C)CC1. The fourth-order valence-electron chi connectivity index (χ4n) is 5.16. The summed E-state index contributed by atoms with van der Waals surface area (Å²) in [5, 5.41) is 3.58. The Morgan fingerprint density at radius 3 is 2.33 bits per heavy atom. The molecule has 1 N–H and O–H groups in total. The highest BCUT2D eigenvalue weighted by atomic mass is 32.2. The zero-order chi connectivity index (χ0) is 28.9. The van der Waals surface area contributed by atoms with Crippen LogP contribution in [-0.2, 0) is 18.8 Å². The van der Waals surface area contributed by atoms with Crippen LogP contribution in [0.25, 0.3) is 11.0 Å². The number of piperazine rings is 1. The summed E-state index contributed by atoms with van der Waals surface area (Å²) in [6.07, 6.45) is 4.54. The van der Waals surface area contributed by atoms with Gasteiger partial charge in [0, 0.05) is 63.1 Å². The lowest BCUT2D eigenvalue weighted by Gasteiger charge is -2.37. The van der Waals surface area contributed by atoms with E-state index in [1.807, 2.05) is 52.7 Å². The van der Waals surface area contributed by atoms with Gasteiger partial charge < -0.3 is 19.9 Å². The van der Waals surface area contributed by atoms with E-state index in [1.54, 1.807) is 14.0 Å². The molecule has 1 aromatic heterocycles. The molecule has 0 atom stereocenters. The van der Waals surface area contributed by atoms with Crippen molar-refractivity contribution in [1.29, 1.82) is 0 Å². The van der Waals surface area contributed by atoms with Crippen molar-refractivity contribution in [3.05, 3.63) is 52.4 Å².